The summed E-state index contributed by atoms with van der Waals surface area (Å²) in [6, 6.07) is 0. The van der Waals surface area contributed by atoms with Crippen LogP contribution in [0.25, 0.3) is 0 Å². The zero-order valence-corrected chi connectivity index (χ0v) is 14.4. The van der Waals surface area contributed by atoms with Gasteiger partial charge in [0, 0.05) is 6.42 Å². The van der Waals surface area contributed by atoms with Crippen molar-refractivity contribution in [2.75, 3.05) is 0 Å². The Balaban J connectivity index is 2.98. The minimum Gasteiger partial charge on any atom is -0.389 e. The van der Waals surface area contributed by atoms with E-state index in [1.807, 2.05) is 31.2 Å². The molecule has 4 atom stereocenters. The van der Waals surface area contributed by atoms with Gasteiger partial charge in [0.15, 0.2) is 0 Å². The maximum atomic E-state index is 10.5. The van der Waals surface area contributed by atoms with Crippen molar-refractivity contribution in [3.63, 3.8) is 0 Å². The van der Waals surface area contributed by atoms with Crippen molar-refractivity contribution in [1.82, 2.24) is 0 Å². The highest BCUT2D eigenvalue weighted by atomic mass is 16.3. The molecule has 126 valence electrons. The van der Waals surface area contributed by atoms with Crippen LogP contribution >= 0.6 is 0 Å². The third-order valence-electron chi connectivity index (χ3n) is 4.24. The van der Waals surface area contributed by atoms with Crippen LogP contribution in [0.4, 0.5) is 0 Å². The van der Waals surface area contributed by atoms with Gasteiger partial charge in [0.1, 0.15) is 0 Å². The van der Waals surface area contributed by atoms with Crippen molar-refractivity contribution in [3.05, 3.63) is 36.0 Å². The lowest BCUT2D eigenvalue weighted by molar-refractivity contribution is 0.0562. The van der Waals surface area contributed by atoms with E-state index in [4.69, 9.17) is 0 Å². The molecule has 3 nitrogen and oxygen atoms in total. The molecule has 1 rings (SSSR count). The van der Waals surface area contributed by atoms with Crippen LogP contribution in [-0.2, 0) is 0 Å². The summed E-state index contributed by atoms with van der Waals surface area (Å²) in [6.45, 7) is 7.93. The number of hydrogen-bond donors (Lipinski definition) is 3. The summed E-state index contributed by atoms with van der Waals surface area (Å²) in [5.74, 6) is 0.582. The summed E-state index contributed by atoms with van der Waals surface area (Å²) in [5, 5.41) is 30.7. The van der Waals surface area contributed by atoms with Crippen LogP contribution in [0.5, 0.6) is 0 Å². The molecule has 0 saturated carbocycles. The third-order valence-corrected chi connectivity index (χ3v) is 4.24. The van der Waals surface area contributed by atoms with Gasteiger partial charge >= 0.3 is 0 Å². The number of hydrogen-bond acceptors (Lipinski definition) is 3. The fourth-order valence-corrected chi connectivity index (χ4v) is 2.79. The second kappa shape index (κ2) is 8.66. The van der Waals surface area contributed by atoms with Crippen molar-refractivity contribution in [1.29, 1.82) is 0 Å². The van der Waals surface area contributed by atoms with Crippen LogP contribution in [0.3, 0.4) is 0 Å². The van der Waals surface area contributed by atoms with Crippen LogP contribution in [-0.4, -0.2) is 33.1 Å². The first-order chi connectivity index (χ1) is 10.2. The van der Waals surface area contributed by atoms with Crippen LogP contribution < -0.4 is 0 Å². The first-order valence-corrected chi connectivity index (χ1v) is 8.31. The second-order valence-electron chi connectivity index (χ2n) is 7.18. The van der Waals surface area contributed by atoms with Gasteiger partial charge in [-0.1, -0.05) is 49.8 Å². The smallest absolute Gasteiger partial charge is 0.0827 e. The second-order valence-corrected chi connectivity index (χ2v) is 7.18. The highest BCUT2D eigenvalue weighted by molar-refractivity contribution is 5.09. The molecule has 0 aromatic carbocycles. The highest BCUT2D eigenvalue weighted by Gasteiger charge is 2.22. The van der Waals surface area contributed by atoms with Gasteiger partial charge in [-0.3, -0.25) is 0 Å². The van der Waals surface area contributed by atoms with E-state index in [0.717, 1.165) is 18.4 Å². The van der Waals surface area contributed by atoms with E-state index in [9.17, 15) is 15.3 Å². The molecule has 0 aromatic heterocycles. The quantitative estimate of drug-likeness (QED) is 0.651. The normalized spacial score (nSPS) is 40.5. The van der Waals surface area contributed by atoms with Crippen molar-refractivity contribution >= 4 is 0 Å². The van der Waals surface area contributed by atoms with Crippen molar-refractivity contribution in [2.24, 2.45) is 11.8 Å². The molecule has 0 bridgehead atoms. The third kappa shape index (κ3) is 7.39. The van der Waals surface area contributed by atoms with Gasteiger partial charge in [-0.25, -0.2) is 0 Å². The Morgan fingerprint density at radius 2 is 1.86 bits per heavy atom. The first kappa shape index (κ1) is 19.1. The Labute approximate surface area is 135 Å². The lowest BCUT2D eigenvalue weighted by atomic mass is 9.87. The lowest BCUT2D eigenvalue weighted by Gasteiger charge is -2.25. The molecule has 3 N–H and O–H groups in total. The number of rotatable bonds is 1. The standard InChI is InChI=1S/C19H32O3/c1-14(2)16-9-10-19(4,22)13-18(21)11-15(3)7-5-6-8-17(20)12-16/h6,8-11,14,16-18,20-22H,5,7,12-13H2,1-4H3/b8-6+,10-9+,15-11-/t16-,17+,18-,19+/m0/s1. The zero-order chi connectivity index (χ0) is 16.8. The summed E-state index contributed by atoms with van der Waals surface area (Å²) < 4.78 is 0. The summed E-state index contributed by atoms with van der Waals surface area (Å²) in [6.07, 6.45) is 11.0. The minimum absolute atomic E-state index is 0.198. The first-order valence-electron chi connectivity index (χ1n) is 8.31. The van der Waals surface area contributed by atoms with Crippen LogP contribution in [0.15, 0.2) is 36.0 Å². The molecule has 0 heterocycles. The SMILES string of the molecule is C/C1=C/[C@H](O)C[C@](C)(O)/C=C/[C@H](C(C)C)C[C@H](O)/C=C/CC1. The van der Waals surface area contributed by atoms with E-state index in [2.05, 4.69) is 13.8 Å². The maximum absolute atomic E-state index is 10.5. The van der Waals surface area contributed by atoms with E-state index in [0.29, 0.717) is 12.3 Å². The molecule has 0 spiro atoms. The zero-order valence-electron chi connectivity index (χ0n) is 14.4. The molecular formula is C19H32O3. The van der Waals surface area contributed by atoms with E-state index in [-0.39, 0.29) is 12.3 Å². The molecule has 0 radical (unpaired) electrons. The average molecular weight is 308 g/mol. The van der Waals surface area contributed by atoms with Crippen molar-refractivity contribution < 1.29 is 15.3 Å². The van der Waals surface area contributed by atoms with Gasteiger partial charge in [-0.15, -0.1) is 0 Å². The summed E-state index contributed by atoms with van der Waals surface area (Å²) >= 11 is 0. The van der Waals surface area contributed by atoms with Gasteiger partial charge < -0.3 is 15.3 Å². The molecule has 22 heavy (non-hydrogen) atoms. The maximum Gasteiger partial charge on any atom is 0.0827 e. The molecule has 0 unspecified atom stereocenters. The fraction of sp³-hybridized carbons (Fsp3) is 0.684. The molecular weight excluding hydrogens is 276 g/mol. The Bertz CT molecular complexity index is 418. The molecule has 0 fully saturated rings. The van der Waals surface area contributed by atoms with Gasteiger partial charge in [0.05, 0.1) is 17.8 Å². The van der Waals surface area contributed by atoms with E-state index in [1.165, 1.54) is 0 Å². The molecule has 1 aliphatic carbocycles. The fourth-order valence-electron chi connectivity index (χ4n) is 2.79. The van der Waals surface area contributed by atoms with E-state index < -0.39 is 17.8 Å². The van der Waals surface area contributed by atoms with Gasteiger partial charge in [-0.05, 0) is 44.9 Å². The van der Waals surface area contributed by atoms with Gasteiger partial charge in [0.2, 0.25) is 0 Å². The molecule has 0 amide bonds. The topological polar surface area (TPSA) is 60.7 Å². The summed E-state index contributed by atoms with van der Waals surface area (Å²) in [7, 11) is 0. The van der Waals surface area contributed by atoms with Crippen molar-refractivity contribution in [3.8, 4) is 0 Å². The van der Waals surface area contributed by atoms with Crippen molar-refractivity contribution in [2.45, 2.75) is 71.2 Å². The van der Waals surface area contributed by atoms with E-state index in [1.54, 1.807) is 13.0 Å². The highest BCUT2D eigenvalue weighted by Crippen LogP contribution is 2.24. The van der Waals surface area contributed by atoms with Crippen LogP contribution in [0.1, 0.15) is 53.4 Å². The van der Waals surface area contributed by atoms with Gasteiger partial charge in [-0.2, -0.15) is 0 Å². The molecule has 3 heteroatoms. The largest absolute Gasteiger partial charge is 0.389 e. The number of aliphatic hydroxyl groups excluding tert-OH is 2. The lowest BCUT2D eigenvalue weighted by Crippen LogP contribution is -2.27. The number of allylic oxidation sites excluding steroid dienone is 3. The molecule has 0 saturated heterocycles. The Kier molecular flexibility index (Phi) is 7.54. The van der Waals surface area contributed by atoms with E-state index >= 15 is 0 Å². The predicted octanol–water partition coefficient (Wildman–Crippen LogP) is 3.36. The average Bonchev–Trinajstić information content (AvgIpc) is 2.37. The summed E-state index contributed by atoms with van der Waals surface area (Å²) in [5.41, 5.74) is 0.0531. The molecule has 1 aliphatic rings. The van der Waals surface area contributed by atoms with Crippen LogP contribution in [0, 0.1) is 11.8 Å². The monoisotopic (exact) mass is 308 g/mol. The number of aliphatic hydroxyl groups is 3. The molecule has 0 aromatic rings. The van der Waals surface area contributed by atoms with Gasteiger partial charge in [0.25, 0.3) is 0 Å². The molecule has 0 aliphatic heterocycles. The Morgan fingerprint density at radius 1 is 1.18 bits per heavy atom. The van der Waals surface area contributed by atoms with Crippen LogP contribution in [0.2, 0.25) is 0 Å². The minimum atomic E-state index is -1.05. The predicted molar refractivity (Wildman–Crippen MR) is 91.5 cm³/mol. The summed E-state index contributed by atoms with van der Waals surface area (Å²) in [4.78, 5) is 0. The Hall–Kier alpha value is -0.900. The Morgan fingerprint density at radius 3 is 2.50 bits per heavy atom.